The van der Waals surface area contributed by atoms with Crippen molar-refractivity contribution in [1.82, 2.24) is 14.9 Å². The van der Waals surface area contributed by atoms with Crippen LogP contribution >= 0.6 is 11.3 Å². The fourth-order valence-electron chi connectivity index (χ4n) is 4.55. The van der Waals surface area contributed by atoms with E-state index in [1.165, 1.54) is 10.8 Å². The van der Waals surface area contributed by atoms with Crippen molar-refractivity contribution in [2.45, 2.75) is 6.92 Å². The molecule has 2 N–H and O–H groups in total. The number of carbonyl (C=O) groups is 1. The van der Waals surface area contributed by atoms with Gasteiger partial charge in [0.15, 0.2) is 0 Å². The van der Waals surface area contributed by atoms with Gasteiger partial charge in [0.1, 0.15) is 5.75 Å². The summed E-state index contributed by atoms with van der Waals surface area (Å²) in [7, 11) is 1.64. The second kappa shape index (κ2) is 11.0. The van der Waals surface area contributed by atoms with Gasteiger partial charge in [0, 0.05) is 59.5 Å². The molecule has 37 heavy (non-hydrogen) atoms. The quantitative estimate of drug-likeness (QED) is 0.306. The highest BCUT2D eigenvalue weighted by atomic mass is 32.1. The predicted molar refractivity (Wildman–Crippen MR) is 152 cm³/mol. The Bertz CT molecular complexity index is 1430. The van der Waals surface area contributed by atoms with Crippen LogP contribution in [0.25, 0.3) is 21.3 Å². The summed E-state index contributed by atoms with van der Waals surface area (Å²) < 4.78 is 6.96. The molecular formula is C28H30N6O2S. The summed E-state index contributed by atoms with van der Waals surface area (Å²) in [5.74, 6) is 0.808. The Morgan fingerprint density at radius 2 is 1.97 bits per heavy atom. The maximum atomic E-state index is 12.3. The lowest BCUT2D eigenvalue weighted by Crippen LogP contribution is -2.46. The average Bonchev–Trinajstić information content (AvgIpc) is 3.38. The van der Waals surface area contributed by atoms with Crippen LogP contribution < -0.4 is 20.3 Å². The minimum Gasteiger partial charge on any atom is -0.494 e. The van der Waals surface area contributed by atoms with Gasteiger partial charge in [-0.2, -0.15) is 0 Å². The molecule has 0 spiro atoms. The number of nitrogens with one attached hydrogen (secondary N) is 2. The maximum Gasteiger partial charge on any atom is 0.247 e. The molecule has 0 bridgehead atoms. The number of carbonyl (C=O) groups excluding carboxylic acids is 1. The van der Waals surface area contributed by atoms with E-state index in [0.717, 1.165) is 55.1 Å². The Morgan fingerprint density at radius 1 is 1.16 bits per heavy atom. The molecule has 0 unspecified atom stereocenters. The number of hydrogen-bond acceptors (Lipinski definition) is 8. The van der Waals surface area contributed by atoms with Gasteiger partial charge in [0.25, 0.3) is 0 Å². The highest BCUT2D eigenvalue weighted by molar-refractivity contribution is 7.17. The van der Waals surface area contributed by atoms with Crippen molar-refractivity contribution < 1.29 is 9.53 Å². The summed E-state index contributed by atoms with van der Waals surface area (Å²) in [5.41, 5.74) is 4.15. The first-order chi connectivity index (χ1) is 18.1. The van der Waals surface area contributed by atoms with Crippen LogP contribution in [0.1, 0.15) is 6.92 Å². The van der Waals surface area contributed by atoms with E-state index >= 15 is 0 Å². The lowest BCUT2D eigenvalue weighted by molar-refractivity contribution is -0.111. The number of fused-ring (bicyclic) bond motifs is 1. The number of aromatic nitrogens is 2. The highest BCUT2D eigenvalue weighted by Gasteiger charge is 2.22. The van der Waals surface area contributed by atoms with Crippen molar-refractivity contribution >= 4 is 50.3 Å². The fraction of sp³-hybridized carbons (Fsp3) is 0.250. The molecule has 1 fully saturated rings. The van der Waals surface area contributed by atoms with Crippen molar-refractivity contribution in [3.63, 3.8) is 0 Å². The number of hydrogen-bond donors (Lipinski definition) is 2. The average molecular weight is 515 g/mol. The van der Waals surface area contributed by atoms with Crippen LogP contribution in [0, 0.1) is 0 Å². The van der Waals surface area contributed by atoms with Gasteiger partial charge in [0.2, 0.25) is 11.9 Å². The third-order valence-electron chi connectivity index (χ3n) is 6.58. The number of benzene rings is 2. The molecule has 1 amide bonds. The van der Waals surface area contributed by atoms with Crippen molar-refractivity contribution in [2.24, 2.45) is 0 Å². The smallest absolute Gasteiger partial charge is 0.247 e. The zero-order valence-electron chi connectivity index (χ0n) is 21.0. The third kappa shape index (κ3) is 5.28. The van der Waals surface area contributed by atoms with Crippen molar-refractivity contribution in [3.05, 3.63) is 66.7 Å². The number of nitrogens with zero attached hydrogens (tertiary/aromatic N) is 4. The number of likely N-dealkylation sites (N-methyl/N-ethyl adjacent to an activating group) is 1. The zero-order chi connectivity index (χ0) is 25.8. The maximum absolute atomic E-state index is 12.3. The van der Waals surface area contributed by atoms with Gasteiger partial charge in [0.05, 0.1) is 29.9 Å². The molecule has 1 saturated heterocycles. The van der Waals surface area contributed by atoms with Crippen LogP contribution in [-0.4, -0.2) is 60.6 Å². The molecule has 8 nitrogen and oxygen atoms in total. The monoisotopic (exact) mass is 514 g/mol. The largest absolute Gasteiger partial charge is 0.494 e. The van der Waals surface area contributed by atoms with E-state index in [0.29, 0.717) is 23.1 Å². The minimum absolute atomic E-state index is 0.271. The molecule has 5 rings (SSSR count). The van der Waals surface area contributed by atoms with Crippen LogP contribution in [0.15, 0.2) is 66.7 Å². The van der Waals surface area contributed by atoms with E-state index < -0.39 is 0 Å². The molecule has 1 aliphatic rings. The molecule has 0 atom stereocenters. The first-order valence-electron chi connectivity index (χ1n) is 12.3. The van der Waals surface area contributed by atoms with E-state index in [1.807, 2.05) is 30.3 Å². The number of anilines is 4. The first kappa shape index (κ1) is 24.7. The number of methoxy groups -OCH3 is 1. The van der Waals surface area contributed by atoms with Gasteiger partial charge in [-0.25, -0.2) is 9.97 Å². The van der Waals surface area contributed by atoms with Gasteiger partial charge in [-0.1, -0.05) is 31.7 Å². The molecule has 4 aromatic rings. The topological polar surface area (TPSA) is 82.6 Å². The van der Waals surface area contributed by atoms with Gasteiger partial charge < -0.3 is 25.2 Å². The SMILES string of the molecule is C=CC(=O)Nc1cc(Nc2nccc(-c3csc4ccccc34)n2)c(OC)cc1N1CCN(CC)CC1. The molecule has 0 radical (unpaired) electrons. The van der Waals surface area contributed by atoms with E-state index in [4.69, 9.17) is 9.72 Å². The molecular weight excluding hydrogens is 484 g/mol. The fourth-order valence-corrected chi connectivity index (χ4v) is 5.51. The van der Waals surface area contributed by atoms with Crippen molar-refractivity contribution in [3.8, 4) is 17.0 Å². The number of thiophene rings is 1. The summed E-state index contributed by atoms with van der Waals surface area (Å²) >= 11 is 1.69. The Morgan fingerprint density at radius 3 is 2.73 bits per heavy atom. The van der Waals surface area contributed by atoms with Crippen LogP contribution in [0.3, 0.4) is 0 Å². The molecule has 0 saturated carbocycles. The summed E-state index contributed by atoms with van der Waals surface area (Å²) in [6.07, 6.45) is 3.01. The second-order valence-electron chi connectivity index (χ2n) is 8.72. The summed E-state index contributed by atoms with van der Waals surface area (Å²) in [6.45, 7) is 10.5. The second-order valence-corrected chi connectivity index (χ2v) is 9.63. The lowest BCUT2D eigenvalue weighted by atomic mass is 10.1. The highest BCUT2D eigenvalue weighted by Crippen LogP contribution is 2.39. The molecule has 2 aromatic carbocycles. The normalized spacial score (nSPS) is 13.9. The van der Waals surface area contributed by atoms with Crippen LogP contribution in [-0.2, 0) is 4.79 Å². The number of rotatable bonds is 8. The van der Waals surface area contributed by atoms with Gasteiger partial charge in [-0.15, -0.1) is 11.3 Å². The Kier molecular flexibility index (Phi) is 7.34. The summed E-state index contributed by atoms with van der Waals surface area (Å²) in [6, 6.07) is 14.0. The van der Waals surface area contributed by atoms with Gasteiger partial charge >= 0.3 is 0 Å². The van der Waals surface area contributed by atoms with E-state index in [9.17, 15) is 4.79 Å². The third-order valence-corrected chi connectivity index (χ3v) is 7.54. The first-order valence-corrected chi connectivity index (χ1v) is 13.2. The molecule has 1 aliphatic heterocycles. The zero-order valence-corrected chi connectivity index (χ0v) is 21.8. The van der Waals surface area contributed by atoms with Gasteiger partial charge in [-0.3, -0.25) is 4.79 Å². The summed E-state index contributed by atoms with van der Waals surface area (Å²) in [5, 5.41) is 9.55. The number of amides is 1. The van der Waals surface area contributed by atoms with Crippen LogP contribution in [0.5, 0.6) is 5.75 Å². The van der Waals surface area contributed by atoms with Crippen LogP contribution in [0.2, 0.25) is 0 Å². The lowest BCUT2D eigenvalue weighted by Gasteiger charge is -2.36. The van der Waals surface area contributed by atoms with E-state index in [1.54, 1.807) is 24.6 Å². The molecule has 0 aliphatic carbocycles. The molecule has 3 heterocycles. The minimum atomic E-state index is -0.271. The van der Waals surface area contributed by atoms with Gasteiger partial charge in [-0.05, 0) is 30.8 Å². The molecule has 190 valence electrons. The molecule has 2 aromatic heterocycles. The Balaban J connectivity index is 1.48. The Labute approximate surface area is 220 Å². The summed E-state index contributed by atoms with van der Waals surface area (Å²) in [4.78, 5) is 26.2. The van der Waals surface area contributed by atoms with Crippen molar-refractivity contribution in [2.75, 3.05) is 55.4 Å². The Hall–Kier alpha value is -3.95. The molecule has 9 heteroatoms. The number of ether oxygens (including phenoxy) is 1. The van der Waals surface area contributed by atoms with Crippen LogP contribution in [0.4, 0.5) is 23.0 Å². The standard InChI is InChI=1S/C28H30N6O2S/c1-4-27(35)30-22-16-23(25(36-3)17-24(22)34-14-12-33(5-2)13-15-34)32-28-29-11-10-21(31-28)20-18-37-26-9-7-6-8-19(20)26/h4,6-11,16-18H,1,5,12-15H2,2-3H3,(H,30,35)(H,29,31,32). The van der Waals surface area contributed by atoms with E-state index in [2.05, 4.69) is 56.4 Å². The number of piperazine rings is 1. The predicted octanol–water partition coefficient (Wildman–Crippen LogP) is 5.38. The van der Waals surface area contributed by atoms with E-state index in [-0.39, 0.29) is 5.91 Å². The van der Waals surface area contributed by atoms with Crippen molar-refractivity contribution in [1.29, 1.82) is 0 Å².